The molecule has 0 saturated heterocycles. The smallest absolute Gasteiger partial charge is 0.338 e. The Labute approximate surface area is 149 Å². The van der Waals surface area contributed by atoms with Crippen LogP contribution in [0.4, 0.5) is 0 Å². The minimum absolute atomic E-state index is 0.0156. The van der Waals surface area contributed by atoms with Gasteiger partial charge < -0.3 is 14.2 Å². The summed E-state index contributed by atoms with van der Waals surface area (Å²) >= 11 is 0. The van der Waals surface area contributed by atoms with Crippen molar-refractivity contribution in [2.24, 2.45) is 0 Å². The predicted molar refractivity (Wildman–Crippen MR) is 89.4 cm³/mol. The lowest BCUT2D eigenvalue weighted by atomic mass is 10.2. The summed E-state index contributed by atoms with van der Waals surface area (Å²) in [5.74, 6) is -0.898. The van der Waals surface area contributed by atoms with E-state index in [0.717, 1.165) is 0 Å². The maximum absolute atomic E-state index is 12.0. The van der Waals surface area contributed by atoms with Crippen LogP contribution in [0, 0.1) is 0 Å². The second kappa shape index (κ2) is 8.02. The Morgan fingerprint density at radius 2 is 1.65 bits per heavy atom. The predicted octanol–water partition coefficient (Wildman–Crippen LogP) is 0.831. The fraction of sp³-hybridized carbons (Fsp3) is 0.167. The molecule has 0 spiro atoms. The number of hydrogen-bond acceptors (Lipinski definition) is 6. The van der Waals surface area contributed by atoms with Gasteiger partial charge in [0.25, 0.3) is 11.8 Å². The Morgan fingerprint density at radius 3 is 2.42 bits per heavy atom. The zero-order valence-corrected chi connectivity index (χ0v) is 13.6. The number of amides is 2. The van der Waals surface area contributed by atoms with E-state index >= 15 is 0 Å². The van der Waals surface area contributed by atoms with Gasteiger partial charge in [-0.25, -0.2) is 4.79 Å². The SMILES string of the molecule is O=C(COC(=O)c1ccccc1)NNC(=O)[C@@H]1COc2ccccc2O1. The molecule has 1 heterocycles. The quantitative estimate of drug-likeness (QED) is 0.621. The molecule has 134 valence electrons. The first kappa shape index (κ1) is 17.3. The lowest BCUT2D eigenvalue weighted by Crippen LogP contribution is -2.51. The number of hydrazine groups is 1. The van der Waals surface area contributed by atoms with Crippen LogP contribution in [0.5, 0.6) is 11.5 Å². The Morgan fingerprint density at radius 1 is 0.962 bits per heavy atom. The van der Waals surface area contributed by atoms with Crippen molar-refractivity contribution in [1.29, 1.82) is 0 Å². The van der Waals surface area contributed by atoms with Crippen molar-refractivity contribution < 1.29 is 28.6 Å². The molecule has 0 aromatic heterocycles. The second-order valence-electron chi connectivity index (χ2n) is 5.34. The topological polar surface area (TPSA) is 103 Å². The largest absolute Gasteiger partial charge is 0.485 e. The molecule has 2 aromatic rings. The van der Waals surface area contributed by atoms with E-state index < -0.39 is 30.5 Å². The lowest BCUT2D eigenvalue weighted by Gasteiger charge is -2.25. The third-order valence-corrected chi connectivity index (χ3v) is 3.47. The van der Waals surface area contributed by atoms with Gasteiger partial charge in [0.2, 0.25) is 6.10 Å². The number of para-hydroxylation sites is 2. The van der Waals surface area contributed by atoms with Crippen LogP contribution in [0.3, 0.4) is 0 Å². The van der Waals surface area contributed by atoms with Gasteiger partial charge in [0.15, 0.2) is 18.1 Å². The molecule has 0 bridgehead atoms. The summed E-state index contributed by atoms with van der Waals surface area (Å²) in [6.45, 7) is -0.513. The van der Waals surface area contributed by atoms with E-state index in [1.165, 1.54) is 0 Å². The van der Waals surface area contributed by atoms with Crippen LogP contribution in [0.15, 0.2) is 54.6 Å². The number of benzene rings is 2. The van der Waals surface area contributed by atoms with E-state index in [1.807, 2.05) is 0 Å². The van der Waals surface area contributed by atoms with Crippen LogP contribution >= 0.6 is 0 Å². The Kier molecular flexibility index (Phi) is 5.33. The van der Waals surface area contributed by atoms with Gasteiger partial charge in [-0.05, 0) is 24.3 Å². The number of esters is 1. The second-order valence-corrected chi connectivity index (χ2v) is 5.34. The first-order valence-corrected chi connectivity index (χ1v) is 7.83. The molecule has 2 N–H and O–H groups in total. The van der Waals surface area contributed by atoms with E-state index in [0.29, 0.717) is 17.1 Å². The van der Waals surface area contributed by atoms with Crippen LogP contribution in [-0.4, -0.2) is 37.1 Å². The summed E-state index contributed by atoms with van der Waals surface area (Å²) in [6.07, 6.45) is -0.905. The summed E-state index contributed by atoms with van der Waals surface area (Å²) in [5.41, 5.74) is 4.70. The fourth-order valence-corrected chi connectivity index (χ4v) is 2.19. The molecule has 1 aliphatic rings. The highest BCUT2D eigenvalue weighted by atomic mass is 16.6. The van der Waals surface area contributed by atoms with Crippen molar-refractivity contribution in [3.05, 3.63) is 60.2 Å². The van der Waals surface area contributed by atoms with Crippen molar-refractivity contribution in [1.82, 2.24) is 10.9 Å². The number of hydrogen-bond donors (Lipinski definition) is 2. The third kappa shape index (κ3) is 4.29. The highest BCUT2D eigenvalue weighted by Gasteiger charge is 2.27. The number of nitrogens with one attached hydrogen (secondary N) is 2. The molecule has 0 saturated carbocycles. The molecule has 0 aliphatic carbocycles. The van der Waals surface area contributed by atoms with Gasteiger partial charge in [-0.3, -0.25) is 20.4 Å². The van der Waals surface area contributed by atoms with Gasteiger partial charge in [-0.1, -0.05) is 30.3 Å². The van der Waals surface area contributed by atoms with Crippen molar-refractivity contribution in [3.8, 4) is 11.5 Å². The Hall–Kier alpha value is -3.55. The lowest BCUT2D eigenvalue weighted by molar-refractivity contribution is -0.135. The molecule has 1 atom stereocenters. The highest BCUT2D eigenvalue weighted by molar-refractivity contribution is 5.91. The number of rotatable bonds is 4. The van der Waals surface area contributed by atoms with Gasteiger partial charge >= 0.3 is 5.97 Å². The zero-order valence-electron chi connectivity index (χ0n) is 13.6. The fourth-order valence-electron chi connectivity index (χ4n) is 2.19. The maximum atomic E-state index is 12.0. The van der Waals surface area contributed by atoms with E-state index in [2.05, 4.69) is 10.9 Å². The molecular formula is C18H16N2O6. The van der Waals surface area contributed by atoms with E-state index in [4.69, 9.17) is 14.2 Å². The van der Waals surface area contributed by atoms with Gasteiger partial charge in [-0.2, -0.15) is 0 Å². The van der Waals surface area contributed by atoms with Crippen molar-refractivity contribution in [3.63, 3.8) is 0 Å². The molecule has 0 radical (unpaired) electrons. The van der Waals surface area contributed by atoms with E-state index in [1.54, 1.807) is 54.6 Å². The average molecular weight is 356 g/mol. The van der Waals surface area contributed by atoms with Crippen LogP contribution in [0.25, 0.3) is 0 Å². The Bertz CT molecular complexity index is 808. The normalized spacial score (nSPS) is 14.8. The van der Waals surface area contributed by atoms with Crippen molar-refractivity contribution in [2.45, 2.75) is 6.10 Å². The molecule has 26 heavy (non-hydrogen) atoms. The van der Waals surface area contributed by atoms with E-state index in [9.17, 15) is 14.4 Å². The molecule has 8 heteroatoms. The summed E-state index contributed by atoms with van der Waals surface area (Å²) in [5, 5.41) is 0. The molecular weight excluding hydrogens is 340 g/mol. The number of fused-ring (bicyclic) bond motifs is 1. The van der Waals surface area contributed by atoms with Crippen molar-refractivity contribution >= 4 is 17.8 Å². The minimum atomic E-state index is -0.905. The van der Waals surface area contributed by atoms with Crippen LogP contribution < -0.4 is 20.3 Å². The van der Waals surface area contributed by atoms with Crippen LogP contribution in [-0.2, 0) is 14.3 Å². The summed E-state index contributed by atoms with van der Waals surface area (Å²) in [6, 6.07) is 15.2. The van der Waals surface area contributed by atoms with Gasteiger partial charge in [-0.15, -0.1) is 0 Å². The Balaban J connectivity index is 1.42. The first-order valence-electron chi connectivity index (χ1n) is 7.83. The van der Waals surface area contributed by atoms with Gasteiger partial charge in [0, 0.05) is 0 Å². The third-order valence-electron chi connectivity index (χ3n) is 3.47. The molecule has 0 fully saturated rings. The molecule has 1 aliphatic heterocycles. The van der Waals surface area contributed by atoms with Gasteiger partial charge in [0.05, 0.1) is 5.56 Å². The summed E-state index contributed by atoms with van der Waals surface area (Å²) < 4.78 is 15.8. The van der Waals surface area contributed by atoms with Crippen LogP contribution in [0.1, 0.15) is 10.4 Å². The van der Waals surface area contributed by atoms with Gasteiger partial charge in [0.1, 0.15) is 6.61 Å². The first-order chi connectivity index (χ1) is 12.6. The monoisotopic (exact) mass is 356 g/mol. The standard InChI is InChI=1S/C18H16N2O6/c21-16(11-25-18(23)12-6-2-1-3-7-12)19-20-17(22)15-10-24-13-8-4-5-9-14(13)26-15/h1-9,15H,10-11H2,(H,19,21)(H,20,22)/t15-/m0/s1. The summed E-state index contributed by atoms with van der Waals surface area (Å²) in [4.78, 5) is 35.4. The molecule has 3 rings (SSSR count). The number of carbonyl (C=O) groups excluding carboxylic acids is 3. The highest BCUT2D eigenvalue weighted by Crippen LogP contribution is 2.30. The van der Waals surface area contributed by atoms with Crippen molar-refractivity contribution in [2.75, 3.05) is 13.2 Å². The average Bonchev–Trinajstić information content (AvgIpc) is 2.70. The number of carbonyl (C=O) groups is 3. The minimum Gasteiger partial charge on any atom is -0.485 e. The van der Waals surface area contributed by atoms with E-state index in [-0.39, 0.29) is 6.61 Å². The molecule has 8 nitrogen and oxygen atoms in total. The zero-order chi connectivity index (χ0) is 18.4. The molecule has 0 unspecified atom stereocenters. The molecule has 2 aromatic carbocycles. The molecule has 2 amide bonds. The van der Waals surface area contributed by atoms with Crippen LogP contribution in [0.2, 0.25) is 0 Å². The summed E-state index contributed by atoms with van der Waals surface area (Å²) in [7, 11) is 0. The maximum Gasteiger partial charge on any atom is 0.338 e. The number of ether oxygens (including phenoxy) is 3.